The molecule has 5 atom stereocenters. The third-order valence-electron chi connectivity index (χ3n) is 17.2. The van der Waals surface area contributed by atoms with Crippen molar-refractivity contribution in [3.63, 3.8) is 0 Å². The summed E-state index contributed by atoms with van der Waals surface area (Å²) in [5.41, 5.74) is 0. The second kappa shape index (κ2) is 68.7. The third kappa shape index (κ3) is 69.8. The van der Waals surface area contributed by atoms with Crippen molar-refractivity contribution in [2.75, 3.05) is 39.6 Å². The van der Waals surface area contributed by atoms with Crippen LogP contribution in [0.15, 0.2) is 24.3 Å². The summed E-state index contributed by atoms with van der Waals surface area (Å²) >= 11 is 0. The van der Waals surface area contributed by atoms with Gasteiger partial charge in [0.05, 0.1) is 26.4 Å². The summed E-state index contributed by atoms with van der Waals surface area (Å²) in [5.74, 6) is -1.35. The lowest BCUT2D eigenvalue weighted by Gasteiger charge is -2.21. The number of ether oxygens (including phenoxy) is 4. The minimum atomic E-state index is -4.96. The van der Waals surface area contributed by atoms with Crippen LogP contribution in [-0.4, -0.2) is 96.7 Å². The van der Waals surface area contributed by atoms with Crippen molar-refractivity contribution in [1.29, 1.82) is 0 Å². The number of rotatable bonds is 74. The molecule has 0 aromatic heterocycles. The molecule has 0 aromatic rings. The molecule has 0 fully saturated rings. The fraction of sp³-hybridized carbons (Fsp3) is 0.895. The zero-order valence-corrected chi connectivity index (χ0v) is 63.1. The Balaban J connectivity index is 5.28. The molecule has 0 saturated carbocycles. The molecular formula is C76H144O17P2. The maximum absolute atomic E-state index is 13.1. The van der Waals surface area contributed by atoms with E-state index in [1.54, 1.807) is 0 Å². The number of aliphatic hydroxyl groups excluding tert-OH is 1. The Morgan fingerprint density at radius 1 is 0.326 bits per heavy atom. The van der Waals surface area contributed by atoms with Gasteiger partial charge in [-0.3, -0.25) is 37.3 Å². The quantitative estimate of drug-likeness (QED) is 0.0169. The summed E-state index contributed by atoms with van der Waals surface area (Å²) in [7, 11) is -9.92. The van der Waals surface area contributed by atoms with Gasteiger partial charge in [-0.15, -0.1) is 0 Å². The average molecular weight is 1390 g/mol. The number of aliphatic hydroxyl groups is 1. The molecule has 0 aliphatic heterocycles. The summed E-state index contributed by atoms with van der Waals surface area (Å²) in [6, 6.07) is 0. The molecule has 17 nitrogen and oxygen atoms in total. The van der Waals surface area contributed by atoms with Gasteiger partial charge in [-0.05, 0) is 57.3 Å². The standard InChI is InChI=1S/C76H144O17P2/c1-6-9-12-15-18-21-24-26-27-32-35-40-45-50-55-60-74(79)87-66-72(93-76(81)62-57-52-47-42-37-33-29-28-31-34-38-43-48-53-58-69(4)5)68-91-95(84,85)89-64-70(77)63-88-94(82,83)90-67-71(65-86-73(78)59-54-49-44-39-23-20-17-14-11-8-3)92-75(80)61-56-51-46-41-36-30-25-22-19-16-13-10-7-2/h21,24,26-27,69-72,77H,6-20,22-23,25,28-68H2,1-5H3,(H,82,83)(H,84,85)/b24-21-,27-26-/t70-,71+,72+/m0/s1. The van der Waals surface area contributed by atoms with Gasteiger partial charge in [-0.1, -0.05) is 322 Å². The molecule has 2 unspecified atom stereocenters. The monoisotopic (exact) mass is 1390 g/mol. The van der Waals surface area contributed by atoms with Crippen LogP contribution < -0.4 is 0 Å². The maximum atomic E-state index is 13.1. The first-order valence-electron chi connectivity index (χ1n) is 39.0. The molecule has 19 heteroatoms. The molecule has 0 rings (SSSR count). The van der Waals surface area contributed by atoms with Crippen LogP contribution in [0.1, 0.15) is 375 Å². The second-order valence-corrected chi connectivity index (χ2v) is 30.1. The Bertz CT molecular complexity index is 1920. The summed E-state index contributed by atoms with van der Waals surface area (Å²) in [6.45, 7) is 7.24. The average Bonchev–Trinajstić information content (AvgIpc) is 2.40. The zero-order valence-electron chi connectivity index (χ0n) is 61.3. The third-order valence-corrected chi connectivity index (χ3v) is 19.1. The molecule has 0 amide bonds. The molecule has 0 aliphatic rings. The summed E-state index contributed by atoms with van der Waals surface area (Å²) in [5, 5.41) is 10.6. The van der Waals surface area contributed by atoms with E-state index in [9.17, 15) is 43.2 Å². The van der Waals surface area contributed by atoms with E-state index in [0.29, 0.717) is 25.7 Å². The van der Waals surface area contributed by atoms with Gasteiger partial charge in [0.2, 0.25) is 0 Å². The minimum Gasteiger partial charge on any atom is -0.462 e. The van der Waals surface area contributed by atoms with E-state index in [1.165, 1.54) is 180 Å². The Kier molecular flexibility index (Phi) is 66.9. The van der Waals surface area contributed by atoms with Gasteiger partial charge in [0, 0.05) is 25.7 Å². The predicted octanol–water partition coefficient (Wildman–Crippen LogP) is 22.0. The molecule has 95 heavy (non-hydrogen) atoms. The van der Waals surface area contributed by atoms with Crippen molar-refractivity contribution in [2.45, 2.75) is 393 Å². The van der Waals surface area contributed by atoms with Gasteiger partial charge < -0.3 is 33.8 Å². The van der Waals surface area contributed by atoms with Crippen LogP contribution in [0, 0.1) is 5.92 Å². The number of esters is 4. The number of phosphoric acid groups is 2. The van der Waals surface area contributed by atoms with E-state index in [2.05, 4.69) is 58.9 Å². The first-order chi connectivity index (χ1) is 46.0. The molecule has 3 N–H and O–H groups in total. The van der Waals surface area contributed by atoms with Crippen LogP contribution >= 0.6 is 15.6 Å². The molecule has 0 aliphatic carbocycles. The van der Waals surface area contributed by atoms with E-state index in [0.717, 1.165) is 115 Å². The second-order valence-electron chi connectivity index (χ2n) is 27.2. The van der Waals surface area contributed by atoms with Gasteiger partial charge in [-0.2, -0.15) is 0 Å². The predicted molar refractivity (Wildman–Crippen MR) is 386 cm³/mol. The molecule has 0 heterocycles. The Hall–Kier alpha value is -2.46. The van der Waals surface area contributed by atoms with Crippen LogP contribution in [-0.2, 0) is 65.4 Å². The highest BCUT2D eigenvalue weighted by atomic mass is 31.2. The van der Waals surface area contributed by atoms with Crippen LogP contribution in [0.25, 0.3) is 0 Å². The SMILES string of the molecule is CCCCCC/C=C\C=C/CCCCCCCC(=O)OC[C@H](COP(=O)(O)OC[C@@H](O)COP(=O)(O)OC[C@@H](COC(=O)CCCCCCCCCCCC)OC(=O)CCCCCCCCCCCCCCC)OC(=O)CCCCCCCCCCCCCCCCC(C)C. The Morgan fingerprint density at radius 3 is 0.863 bits per heavy atom. The van der Waals surface area contributed by atoms with Crippen LogP contribution in [0.3, 0.4) is 0 Å². The molecule has 0 radical (unpaired) electrons. The highest BCUT2D eigenvalue weighted by Gasteiger charge is 2.30. The molecule has 560 valence electrons. The van der Waals surface area contributed by atoms with Gasteiger partial charge in [0.25, 0.3) is 0 Å². The smallest absolute Gasteiger partial charge is 0.462 e. The van der Waals surface area contributed by atoms with Crippen molar-refractivity contribution in [3.05, 3.63) is 24.3 Å². The molecule has 0 bridgehead atoms. The summed E-state index contributed by atoms with van der Waals surface area (Å²) in [4.78, 5) is 72.8. The van der Waals surface area contributed by atoms with E-state index in [1.807, 2.05) is 0 Å². The first-order valence-corrected chi connectivity index (χ1v) is 41.9. The van der Waals surface area contributed by atoms with Gasteiger partial charge in [0.1, 0.15) is 19.3 Å². The largest absolute Gasteiger partial charge is 0.472 e. The minimum absolute atomic E-state index is 0.101. The van der Waals surface area contributed by atoms with Crippen LogP contribution in [0.4, 0.5) is 0 Å². The number of hydrogen-bond donors (Lipinski definition) is 3. The lowest BCUT2D eigenvalue weighted by atomic mass is 10.0. The van der Waals surface area contributed by atoms with Gasteiger partial charge >= 0.3 is 39.5 Å². The number of carbonyl (C=O) groups is 4. The Labute approximate surface area is 580 Å². The fourth-order valence-corrected chi connectivity index (χ4v) is 12.7. The van der Waals surface area contributed by atoms with Crippen molar-refractivity contribution < 1.29 is 80.2 Å². The Morgan fingerprint density at radius 2 is 0.568 bits per heavy atom. The molecule has 0 spiro atoms. The lowest BCUT2D eigenvalue weighted by Crippen LogP contribution is -2.30. The van der Waals surface area contributed by atoms with Crippen molar-refractivity contribution in [3.8, 4) is 0 Å². The zero-order chi connectivity index (χ0) is 69.8. The number of allylic oxidation sites excluding steroid dienone is 4. The van der Waals surface area contributed by atoms with E-state index < -0.39 is 97.5 Å². The van der Waals surface area contributed by atoms with Crippen LogP contribution in [0.2, 0.25) is 0 Å². The number of phosphoric ester groups is 2. The molecule has 0 saturated heterocycles. The number of unbranched alkanes of at least 4 members (excludes halogenated alkanes) is 43. The van der Waals surface area contributed by atoms with Gasteiger partial charge in [-0.25, -0.2) is 9.13 Å². The van der Waals surface area contributed by atoms with Crippen LogP contribution in [0.5, 0.6) is 0 Å². The maximum Gasteiger partial charge on any atom is 0.472 e. The molecule has 0 aromatic carbocycles. The van der Waals surface area contributed by atoms with Crippen molar-refractivity contribution in [1.82, 2.24) is 0 Å². The normalized spacial score (nSPS) is 14.1. The van der Waals surface area contributed by atoms with E-state index in [-0.39, 0.29) is 25.7 Å². The highest BCUT2D eigenvalue weighted by molar-refractivity contribution is 7.47. The van der Waals surface area contributed by atoms with E-state index in [4.69, 9.17) is 37.0 Å². The summed E-state index contributed by atoms with van der Waals surface area (Å²) < 4.78 is 68.5. The van der Waals surface area contributed by atoms with Crippen molar-refractivity contribution >= 4 is 39.5 Å². The molecular weight excluding hydrogens is 1250 g/mol. The first kappa shape index (κ1) is 92.5. The number of hydrogen-bond acceptors (Lipinski definition) is 15. The lowest BCUT2D eigenvalue weighted by molar-refractivity contribution is -0.161. The van der Waals surface area contributed by atoms with Crippen molar-refractivity contribution in [2.24, 2.45) is 5.92 Å². The number of carbonyl (C=O) groups excluding carboxylic acids is 4. The summed E-state index contributed by atoms with van der Waals surface area (Å²) in [6.07, 6.45) is 60.3. The highest BCUT2D eigenvalue weighted by Crippen LogP contribution is 2.45. The van der Waals surface area contributed by atoms with Gasteiger partial charge in [0.15, 0.2) is 12.2 Å². The van der Waals surface area contributed by atoms with E-state index >= 15 is 0 Å². The topological polar surface area (TPSA) is 237 Å². The fourth-order valence-electron chi connectivity index (χ4n) is 11.2.